The molecule has 0 bridgehead atoms. The van der Waals surface area contributed by atoms with Crippen LogP contribution in [0.4, 0.5) is 4.39 Å². The van der Waals surface area contributed by atoms with E-state index in [0.717, 1.165) is 18.6 Å². The molecule has 0 saturated heterocycles. The Morgan fingerprint density at radius 3 is 2.67 bits per heavy atom. The smallest absolute Gasteiger partial charge is 0.335 e. The second kappa shape index (κ2) is 8.14. The molecular formula is C14H19FO2S. The molecule has 1 N–H and O–H groups in total. The third kappa shape index (κ3) is 5.08. The predicted octanol–water partition coefficient (Wildman–Crippen LogP) is 4.59. The topological polar surface area (TPSA) is 37.3 Å². The van der Waals surface area contributed by atoms with E-state index < -0.39 is 5.97 Å². The van der Waals surface area contributed by atoms with Gasteiger partial charge in [0.1, 0.15) is 5.82 Å². The molecule has 0 amide bonds. The molecule has 0 aromatic heterocycles. The summed E-state index contributed by atoms with van der Waals surface area (Å²) in [5, 5.41) is 8.84. The van der Waals surface area contributed by atoms with Gasteiger partial charge < -0.3 is 5.11 Å². The number of hydrogen-bond acceptors (Lipinski definition) is 2. The third-order valence-corrected chi connectivity index (χ3v) is 3.80. The molecule has 0 atom stereocenters. The summed E-state index contributed by atoms with van der Waals surface area (Å²) in [6.45, 7) is 2.17. The first-order valence-electron chi connectivity index (χ1n) is 6.30. The van der Waals surface area contributed by atoms with Gasteiger partial charge in [-0.2, -0.15) is 0 Å². The monoisotopic (exact) mass is 270 g/mol. The van der Waals surface area contributed by atoms with Crippen LogP contribution in [0.1, 0.15) is 49.4 Å². The van der Waals surface area contributed by atoms with E-state index in [4.69, 9.17) is 5.11 Å². The molecule has 2 nitrogen and oxygen atoms in total. The molecular weight excluding hydrogens is 251 g/mol. The summed E-state index contributed by atoms with van der Waals surface area (Å²) in [5.41, 5.74) is 0.143. The van der Waals surface area contributed by atoms with Crippen LogP contribution < -0.4 is 0 Å². The average molecular weight is 270 g/mol. The minimum atomic E-state index is -1.01. The number of thioether (sulfide) groups is 1. The molecule has 0 aliphatic heterocycles. The number of unbranched alkanes of at least 4 members (excludes halogenated alkanes) is 4. The van der Waals surface area contributed by atoms with E-state index in [1.165, 1.54) is 49.2 Å². The first kappa shape index (κ1) is 15.0. The number of hydrogen-bond donors (Lipinski definition) is 1. The summed E-state index contributed by atoms with van der Waals surface area (Å²) < 4.78 is 13.4. The first-order valence-corrected chi connectivity index (χ1v) is 7.29. The van der Waals surface area contributed by atoms with E-state index in [-0.39, 0.29) is 11.4 Å². The van der Waals surface area contributed by atoms with Gasteiger partial charge in [-0.05, 0) is 30.4 Å². The lowest BCUT2D eigenvalue weighted by Gasteiger charge is -2.04. The molecule has 100 valence electrons. The lowest BCUT2D eigenvalue weighted by molar-refractivity contribution is 0.0696. The normalized spacial score (nSPS) is 10.6. The number of benzene rings is 1. The second-order valence-electron chi connectivity index (χ2n) is 4.21. The van der Waals surface area contributed by atoms with Gasteiger partial charge in [0.25, 0.3) is 0 Å². The molecule has 1 rings (SSSR count). The summed E-state index contributed by atoms with van der Waals surface area (Å²) >= 11 is 1.40. The Morgan fingerprint density at radius 1 is 1.28 bits per heavy atom. The summed E-state index contributed by atoms with van der Waals surface area (Å²) in [7, 11) is 0. The predicted molar refractivity (Wildman–Crippen MR) is 72.8 cm³/mol. The Balaban J connectivity index is 2.41. The molecule has 0 radical (unpaired) electrons. The van der Waals surface area contributed by atoms with Crippen LogP contribution in [-0.2, 0) is 0 Å². The Morgan fingerprint density at radius 2 is 2.00 bits per heavy atom. The van der Waals surface area contributed by atoms with Crippen LogP contribution in [-0.4, -0.2) is 16.8 Å². The molecule has 4 heteroatoms. The molecule has 0 fully saturated rings. The highest BCUT2D eigenvalue weighted by Gasteiger charge is 2.08. The van der Waals surface area contributed by atoms with Gasteiger partial charge in [0.15, 0.2) is 0 Å². The van der Waals surface area contributed by atoms with Crippen LogP contribution in [0, 0.1) is 5.82 Å². The highest BCUT2D eigenvalue weighted by atomic mass is 32.2. The lowest BCUT2D eigenvalue weighted by Crippen LogP contribution is -1.97. The first-order chi connectivity index (χ1) is 8.65. The summed E-state index contributed by atoms with van der Waals surface area (Å²) in [6, 6.07) is 3.93. The van der Waals surface area contributed by atoms with Crippen molar-refractivity contribution in [2.24, 2.45) is 0 Å². The highest BCUT2D eigenvalue weighted by molar-refractivity contribution is 7.99. The Kier molecular flexibility index (Phi) is 6.80. The van der Waals surface area contributed by atoms with Gasteiger partial charge in [0.2, 0.25) is 0 Å². The fraction of sp³-hybridized carbons (Fsp3) is 0.500. The number of carbonyl (C=O) groups is 1. The molecule has 18 heavy (non-hydrogen) atoms. The largest absolute Gasteiger partial charge is 0.478 e. The van der Waals surface area contributed by atoms with Crippen molar-refractivity contribution in [2.75, 3.05) is 5.75 Å². The van der Waals surface area contributed by atoms with Crippen molar-refractivity contribution in [1.82, 2.24) is 0 Å². The van der Waals surface area contributed by atoms with Gasteiger partial charge >= 0.3 is 5.97 Å². The minimum absolute atomic E-state index is 0.143. The fourth-order valence-corrected chi connectivity index (χ4v) is 2.62. The van der Waals surface area contributed by atoms with Crippen LogP contribution in [0.5, 0.6) is 0 Å². The van der Waals surface area contributed by atoms with Gasteiger partial charge in [-0.15, -0.1) is 11.8 Å². The van der Waals surface area contributed by atoms with E-state index in [2.05, 4.69) is 6.92 Å². The number of carboxylic acid groups (broad SMARTS) is 1. The highest BCUT2D eigenvalue weighted by Crippen LogP contribution is 2.24. The Hall–Kier alpha value is -1.03. The van der Waals surface area contributed by atoms with E-state index in [1.807, 2.05) is 0 Å². The third-order valence-electron chi connectivity index (χ3n) is 2.68. The van der Waals surface area contributed by atoms with Crippen molar-refractivity contribution in [3.8, 4) is 0 Å². The molecule has 0 saturated carbocycles. The van der Waals surface area contributed by atoms with E-state index >= 15 is 0 Å². The summed E-state index contributed by atoms with van der Waals surface area (Å²) in [6.07, 6.45) is 5.87. The molecule has 0 unspecified atom stereocenters. The Bertz CT molecular complexity index is 393. The van der Waals surface area contributed by atoms with Crippen molar-refractivity contribution in [2.45, 2.75) is 43.9 Å². The van der Waals surface area contributed by atoms with Gasteiger partial charge in [-0.25, -0.2) is 9.18 Å². The van der Waals surface area contributed by atoms with Crippen LogP contribution in [0.15, 0.2) is 23.1 Å². The lowest BCUT2D eigenvalue weighted by atomic mass is 10.2. The SMILES string of the molecule is CCCCCCCSc1cc(C(=O)O)ccc1F. The summed E-state index contributed by atoms with van der Waals surface area (Å²) in [4.78, 5) is 11.2. The average Bonchev–Trinajstić information content (AvgIpc) is 2.35. The van der Waals surface area contributed by atoms with Gasteiger partial charge in [0, 0.05) is 4.90 Å². The maximum atomic E-state index is 13.4. The molecule has 0 spiro atoms. The zero-order valence-electron chi connectivity index (χ0n) is 10.6. The Labute approximate surface area is 112 Å². The van der Waals surface area contributed by atoms with Crippen molar-refractivity contribution < 1.29 is 14.3 Å². The zero-order valence-corrected chi connectivity index (χ0v) is 11.4. The van der Waals surface area contributed by atoms with Gasteiger partial charge in [-0.1, -0.05) is 32.6 Å². The van der Waals surface area contributed by atoms with Crippen molar-refractivity contribution in [3.63, 3.8) is 0 Å². The quantitative estimate of drug-likeness (QED) is 0.554. The number of carboxylic acids is 1. The van der Waals surface area contributed by atoms with Crippen LogP contribution in [0.3, 0.4) is 0 Å². The van der Waals surface area contributed by atoms with Crippen molar-refractivity contribution >= 4 is 17.7 Å². The van der Waals surface area contributed by atoms with Gasteiger partial charge in [0.05, 0.1) is 5.56 Å². The standard InChI is InChI=1S/C14H19FO2S/c1-2-3-4-5-6-9-18-13-10-11(14(16)17)7-8-12(13)15/h7-8,10H,2-6,9H2,1H3,(H,16,17). The molecule has 1 aromatic rings. The fourth-order valence-electron chi connectivity index (χ4n) is 1.63. The number of halogens is 1. The summed E-state index contributed by atoms with van der Waals surface area (Å²) in [5.74, 6) is -0.512. The van der Waals surface area contributed by atoms with Crippen molar-refractivity contribution in [3.05, 3.63) is 29.6 Å². The second-order valence-corrected chi connectivity index (χ2v) is 5.35. The molecule has 0 heterocycles. The van der Waals surface area contributed by atoms with E-state index in [0.29, 0.717) is 4.90 Å². The zero-order chi connectivity index (χ0) is 13.4. The number of aromatic carboxylic acids is 1. The van der Waals surface area contributed by atoms with Crippen LogP contribution in [0.2, 0.25) is 0 Å². The maximum absolute atomic E-state index is 13.4. The van der Waals surface area contributed by atoms with E-state index in [9.17, 15) is 9.18 Å². The molecule has 1 aromatic carbocycles. The molecule has 0 aliphatic carbocycles. The van der Waals surface area contributed by atoms with Crippen LogP contribution in [0.25, 0.3) is 0 Å². The van der Waals surface area contributed by atoms with Crippen LogP contribution >= 0.6 is 11.8 Å². The molecule has 0 aliphatic rings. The van der Waals surface area contributed by atoms with Crippen molar-refractivity contribution in [1.29, 1.82) is 0 Å². The maximum Gasteiger partial charge on any atom is 0.335 e. The number of rotatable bonds is 8. The van der Waals surface area contributed by atoms with E-state index in [1.54, 1.807) is 0 Å². The minimum Gasteiger partial charge on any atom is -0.478 e. The van der Waals surface area contributed by atoms with Gasteiger partial charge in [-0.3, -0.25) is 0 Å².